The number of fused-ring (bicyclic) bond motifs is 5. The molecule has 2 unspecified atom stereocenters. The van der Waals surface area contributed by atoms with Gasteiger partial charge in [-0.25, -0.2) is 0 Å². The lowest BCUT2D eigenvalue weighted by molar-refractivity contribution is -0.138. The van der Waals surface area contributed by atoms with Crippen LogP contribution in [0.1, 0.15) is 42.3 Å². The van der Waals surface area contributed by atoms with Gasteiger partial charge in [-0.2, -0.15) is 0 Å². The summed E-state index contributed by atoms with van der Waals surface area (Å²) < 4.78 is 0. The molecule has 4 rings (SSSR count). The Labute approximate surface area is 132 Å². The lowest BCUT2D eigenvalue weighted by Crippen LogP contribution is -2.43. The number of carbonyl (C=O) groups is 1. The highest BCUT2D eigenvalue weighted by atomic mass is 16.2. The Bertz CT molecular complexity index is 625. The van der Waals surface area contributed by atoms with Gasteiger partial charge in [0.25, 0.3) is 0 Å². The number of likely N-dealkylation sites (tertiary alicyclic amines) is 2. The van der Waals surface area contributed by atoms with E-state index in [2.05, 4.69) is 40.0 Å². The first-order valence-corrected chi connectivity index (χ1v) is 8.33. The van der Waals surface area contributed by atoms with Gasteiger partial charge in [0, 0.05) is 18.4 Å². The van der Waals surface area contributed by atoms with Crippen LogP contribution in [0.25, 0.3) is 0 Å². The summed E-state index contributed by atoms with van der Waals surface area (Å²) in [7, 11) is 0. The van der Waals surface area contributed by atoms with Crippen molar-refractivity contribution in [3.05, 3.63) is 35.4 Å². The van der Waals surface area contributed by atoms with Crippen molar-refractivity contribution in [2.24, 2.45) is 5.92 Å². The van der Waals surface area contributed by atoms with E-state index in [-0.39, 0.29) is 5.92 Å². The van der Waals surface area contributed by atoms with Gasteiger partial charge in [0.05, 0.1) is 12.6 Å². The van der Waals surface area contributed by atoms with Gasteiger partial charge in [0.15, 0.2) is 0 Å². The summed E-state index contributed by atoms with van der Waals surface area (Å²) in [6, 6.07) is 8.99. The first-order valence-electron chi connectivity index (χ1n) is 8.33. The van der Waals surface area contributed by atoms with E-state index in [4.69, 9.17) is 6.42 Å². The van der Waals surface area contributed by atoms with E-state index >= 15 is 0 Å². The van der Waals surface area contributed by atoms with Crippen molar-refractivity contribution in [2.45, 2.75) is 31.2 Å². The van der Waals surface area contributed by atoms with Gasteiger partial charge in [-0.15, -0.1) is 6.42 Å². The van der Waals surface area contributed by atoms with Crippen molar-refractivity contribution in [3.8, 4) is 12.3 Å². The molecular formula is C19H22N2O. The Morgan fingerprint density at radius 2 is 1.95 bits per heavy atom. The second kappa shape index (κ2) is 5.44. The van der Waals surface area contributed by atoms with Crippen molar-refractivity contribution >= 4 is 5.91 Å². The molecule has 2 atom stereocenters. The summed E-state index contributed by atoms with van der Waals surface area (Å²) in [6.45, 7) is 3.55. The lowest BCUT2D eigenvalue weighted by Gasteiger charge is -2.35. The second-order valence-corrected chi connectivity index (χ2v) is 6.82. The number of rotatable bonds is 2. The average molecular weight is 294 g/mol. The third-order valence-corrected chi connectivity index (χ3v) is 5.63. The van der Waals surface area contributed by atoms with Crippen molar-refractivity contribution in [2.75, 3.05) is 26.2 Å². The Hall–Kier alpha value is -1.79. The van der Waals surface area contributed by atoms with Crippen LogP contribution in [0.2, 0.25) is 0 Å². The van der Waals surface area contributed by atoms with Crippen LogP contribution in [0.4, 0.5) is 0 Å². The first-order chi connectivity index (χ1) is 10.8. The van der Waals surface area contributed by atoms with E-state index in [1.165, 1.54) is 11.1 Å². The summed E-state index contributed by atoms with van der Waals surface area (Å²) in [6.07, 6.45) is 8.41. The maximum atomic E-state index is 12.9. The molecule has 2 fully saturated rings. The van der Waals surface area contributed by atoms with E-state index < -0.39 is 0 Å². The predicted molar refractivity (Wildman–Crippen MR) is 86.3 cm³/mol. The minimum atomic E-state index is 0.195. The zero-order chi connectivity index (χ0) is 15.1. The standard InChI is InChI=1S/C19H22N2O/c1-2-9-20-10-7-14(8-11-20)19(22)21-13-15-12-18(21)17-6-4-3-5-16(15)17/h1,3-6,14-15,18H,7-13H2. The van der Waals surface area contributed by atoms with Gasteiger partial charge in [-0.3, -0.25) is 9.69 Å². The van der Waals surface area contributed by atoms with Crippen LogP contribution < -0.4 is 0 Å². The van der Waals surface area contributed by atoms with Gasteiger partial charge in [0.1, 0.15) is 0 Å². The molecule has 0 N–H and O–H groups in total. The monoisotopic (exact) mass is 294 g/mol. The van der Waals surface area contributed by atoms with Crippen LogP contribution in [0, 0.1) is 18.3 Å². The fourth-order valence-corrected chi connectivity index (χ4v) is 4.49. The van der Waals surface area contributed by atoms with Gasteiger partial charge in [0.2, 0.25) is 5.91 Å². The summed E-state index contributed by atoms with van der Waals surface area (Å²) in [4.78, 5) is 17.4. The van der Waals surface area contributed by atoms with Crippen molar-refractivity contribution in [3.63, 3.8) is 0 Å². The molecule has 0 saturated carbocycles. The van der Waals surface area contributed by atoms with E-state index in [0.717, 1.165) is 38.9 Å². The van der Waals surface area contributed by atoms with Crippen molar-refractivity contribution in [1.29, 1.82) is 0 Å². The maximum absolute atomic E-state index is 12.9. The molecule has 1 aromatic carbocycles. The normalized spacial score (nSPS) is 27.7. The highest BCUT2D eigenvalue weighted by molar-refractivity contribution is 5.80. The minimum absolute atomic E-state index is 0.195. The van der Waals surface area contributed by atoms with Crippen LogP contribution in [0.5, 0.6) is 0 Å². The van der Waals surface area contributed by atoms with Gasteiger partial charge in [-0.1, -0.05) is 30.2 Å². The largest absolute Gasteiger partial charge is 0.335 e. The van der Waals surface area contributed by atoms with Gasteiger partial charge >= 0.3 is 0 Å². The highest BCUT2D eigenvalue weighted by Gasteiger charge is 2.45. The predicted octanol–water partition coefficient (Wildman–Crippen LogP) is 2.40. The summed E-state index contributed by atoms with van der Waals surface area (Å²) in [5.41, 5.74) is 2.86. The smallest absolute Gasteiger partial charge is 0.226 e. The fourth-order valence-electron chi connectivity index (χ4n) is 4.49. The number of piperidine rings is 1. The summed E-state index contributed by atoms with van der Waals surface area (Å²) in [5, 5.41) is 0. The zero-order valence-corrected chi connectivity index (χ0v) is 12.9. The molecule has 3 heteroatoms. The average Bonchev–Trinajstić information content (AvgIpc) is 3.15. The molecule has 0 spiro atoms. The van der Waals surface area contributed by atoms with Gasteiger partial charge < -0.3 is 4.90 Å². The Balaban J connectivity index is 1.45. The fraction of sp³-hybridized carbons (Fsp3) is 0.526. The van der Waals surface area contributed by atoms with Gasteiger partial charge in [-0.05, 0) is 43.5 Å². The Morgan fingerprint density at radius 1 is 1.23 bits per heavy atom. The number of hydrogen-bond donors (Lipinski definition) is 0. The number of carbonyl (C=O) groups excluding carboxylic acids is 1. The van der Waals surface area contributed by atoms with E-state index in [0.29, 0.717) is 24.4 Å². The topological polar surface area (TPSA) is 23.6 Å². The van der Waals surface area contributed by atoms with Crippen LogP contribution in [-0.2, 0) is 4.79 Å². The molecule has 2 bridgehead atoms. The Kier molecular flexibility index (Phi) is 3.43. The number of nitrogens with zero attached hydrogens (tertiary/aromatic N) is 2. The summed E-state index contributed by atoms with van der Waals surface area (Å²) in [5.74, 6) is 3.83. The molecule has 3 aliphatic rings. The van der Waals surface area contributed by atoms with Crippen LogP contribution in [0.15, 0.2) is 24.3 Å². The van der Waals surface area contributed by atoms with Crippen molar-refractivity contribution < 1.29 is 4.79 Å². The molecule has 1 amide bonds. The molecule has 0 aromatic heterocycles. The maximum Gasteiger partial charge on any atom is 0.226 e. The number of terminal acetylenes is 1. The molecule has 3 nitrogen and oxygen atoms in total. The van der Waals surface area contributed by atoms with Crippen LogP contribution in [0.3, 0.4) is 0 Å². The van der Waals surface area contributed by atoms with Crippen LogP contribution in [-0.4, -0.2) is 41.9 Å². The van der Waals surface area contributed by atoms with Crippen LogP contribution >= 0.6 is 0 Å². The third-order valence-electron chi connectivity index (χ3n) is 5.63. The molecule has 2 saturated heterocycles. The number of amides is 1. The SMILES string of the molecule is C#CCN1CCC(C(=O)N2CC3CC2c2ccccc23)CC1. The minimum Gasteiger partial charge on any atom is -0.335 e. The zero-order valence-electron chi connectivity index (χ0n) is 12.9. The highest BCUT2D eigenvalue weighted by Crippen LogP contribution is 2.50. The number of hydrogen-bond acceptors (Lipinski definition) is 2. The van der Waals surface area contributed by atoms with E-state index in [1.54, 1.807) is 0 Å². The quantitative estimate of drug-likeness (QED) is 0.782. The molecule has 0 radical (unpaired) electrons. The Morgan fingerprint density at radius 3 is 2.68 bits per heavy atom. The number of benzene rings is 1. The van der Waals surface area contributed by atoms with E-state index in [9.17, 15) is 4.79 Å². The molecule has 22 heavy (non-hydrogen) atoms. The molecule has 1 aromatic rings. The first kappa shape index (κ1) is 13.8. The summed E-state index contributed by atoms with van der Waals surface area (Å²) >= 11 is 0. The van der Waals surface area contributed by atoms with Crippen molar-refractivity contribution in [1.82, 2.24) is 9.80 Å². The molecular weight excluding hydrogens is 272 g/mol. The second-order valence-electron chi connectivity index (χ2n) is 6.82. The molecule has 2 aliphatic heterocycles. The molecule has 2 heterocycles. The lowest BCUT2D eigenvalue weighted by atomic mass is 9.93. The molecule has 114 valence electrons. The molecule has 1 aliphatic carbocycles. The van der Waals surface area contributed by atoms with E-state index in [1.807, 2.05) is 0 Å². The third kappa shape index (κ3) is 2.14.